The Balaban J connectivity index is 2.01. The number of rotatable bonds is 10. The van der Waals surface area contributed by atoms with Gasteiger partial charge in [0.1, 0.15) is 11.6 Å². The molecule has 26 heavy (non-hydrogen) atoms. The summed E-state index contributed by atoms with van der Waals surface area (Å²) < 4.78 is 5.64. The predicted octanol–water partition coefficient (Wildman–Crippen LogP) is 6.04. The Hall–Kier alpha value is -1.97. The third-order valence-electron chi connectivity index (χ3n) is 4.46. The summed E-state index contributed by atoms with van der Waals surface area (Å²) in [6, 6.07) is 7.79. The molecule has 0 fully saturated rings. The summed E-state index contributed by atoms with van der Waals surface area (Å²) in [5.74, 6) is -0.170. The molecule has 0 saturated heterocycles. The number of aromatic nitrogens is 1. The Labute approximate surface area is 157 Å². The van der Waals surface area contributed by atoms with E-state index in [0.717, 1.165) is 35.9 Å². The zero-order valence-corrected chi connectivity index (χ0v) is 16.7. The zero-order chi connectivity index (χ0) is 19.0. The molecule has 4 nitrogen and oxygen atoms in total. The minimum absolute atomic E-state index is 0.170. The SMILES string of the molecule is CCCCCCCCC(Nc1c[nH]c2ccccc12)C(=O)OC(C)(C)C. The molecule has 0 spiro atoms. The maximum Gasteiger partial charge on any atom is 0.329 e. The summed E-state index contributed by atoms with van der Waals surface area (Å²) in [4.78, 5) is 15.9. The Morgan fingerprint density at radius 1 is 1.12 bits per heavy atom. The number of esters is 1. The van der Waals surface area contributed by atoms with E-state index in [4.69, 9.17) is 4.74 Å². The fourth-order valence-corrected chi connectivity index (χ4v) is 3.13. The van der Waals surface area contributed by atoms with E-state index in [9.17, 15) is 4.79 Å². The lowest BCUT2D eigenvalue weighted by atomic mass is 10.0. The van der Waals surface area contributed by atoms with Gasteiger partial charge < -0.3 is 15.0 Å². The van der Waals surface area contributed by atoms with Gasteiger partial charge in [0.05, 0.1) is 5.69 Å². The van der Waals surface area contributed by atoms with Gasteiger partial charge in [-0.3, -0.25) is 0 Å². The highest BCUT2D eigenvalue weighted by Crippen LogP contribution is 2.25. The highest BCUT2D eigenvalue weighted by Gasteiger charge is 2.25. The van der Waals surface area contributed by atoms with Crippen molar-refractivity contribution in [3.63, 3.8) is 0 Å². The van der Waals surface area contributed by atoms with Crippen molar-refractivity contribution in [3.8, 4) is 0 Å². The monoisotopic (exact) mass is 358 g/mol. The highest BCUT2D eigenvalue weighted by molar-refractivity contribution is 5.94. The molecule has 0 aliphatic rings. The number of anilines is 1. The minimum atomic E-state index is -0.474. The molecule has 1 heterocycles. The summed E-state index contributed by atoms with van der Waals surface area (Å²) in [6.07, 6.45) is 9.98. The van der Waals surface area contributed by atoms with Crippen molar-refractivity contribution < 1.29 is 9.53 Å². The number of H-pyrrole nitrogens is 1. The fourth-order valence-electron chi connectivity index (χ4n) is 3.13. The molecule has 144 valence electrons. The number of unbranched alkanes of at least 4 members (excludes halogenated alkanes) is 5. The maximum atomic E-state index is 12.7. The molecule has 2 N–H and O–H groups in total. The summed E-state index contributed by atoms with van der Waals surface area (Å²) in [5.41, 5.74) is 1.55. The Kier molecular flexibility index (Phi) is 7.55. The highest BCUT2D eigenvalue weighted by atomic mass is 16.6. The van der Waals surface area contributed by atoms with Crippen LogP contribution < -0.4 is 5.32 Å². The molecule has 1 aromatic heterocycles. The molecule has 0 amide bonds. The molecule has 1 unspecified atom stereocenters. The maximum absolute atomic E-state index is 12.7. The second-order valence-electron chi connectivity index (χ2n) is 8.03. The number of hydrogen-bond acceptors (Lipinski definition) is 3. The third-order valence-corrected chi connectivity index (χ3v) is 4.46. The number of benzene rings is 1. The molecule has 0 saturated carbocycles. The molecule has 2 rings (SSSR count). The summed E-state index contributed by atoms with van der Waals surface area (Å²) in [5, 5.41) is 4.52. The normalized spacial score (nSPS) is 12.9. The summed E-state index contributed by atoms with van der Waals surface area (Å²) >= 11 is 0. The lowest BCUT2D eigenvalue weighted by Crippen LogP contribution is -2.36. The van der Waals surface area contributed by atoms with Crippen molar-refractivity contribution in [2.24, 2.45) is 0 Å². The smallest absolute Gasteiger partial charge is 0.329 e. The number of aromatic amines is 1. The molecule has 1 aromatic carbocycles. The first kappa shape index (κ1) is 20.3. The summed E-state index contributed by atoms with van der Waals surface area (Å²) in [6.45, 7) is 7.97. The van der Waals surface area contributed by atoms with Crippen LogP contribution in [0, 0.1) is 0 Å². The van der Waals surface area contributed by atoms with E-state index in [1.165, 1.54) is 25.7 Å². The van der Waals surface area contributed by atoms with Gasteiger partial charge in [-0.15, -0.1) is 0 Å². The van der Waals surface area contributed by atoms with Gasteiger partial charge in [-0.05, 0) is 33.3 Å². The van der Waals surface area contributed by atoms with Gasteiger partial charge in [0, 0.05) is 17.1 Å². The number of fused-ring (bicyclic) bond motifs is 1. The van der Waals surface area contributed by atoms with E-state index in [1.807, 2.05) is 45.2 Å². The lowest BCUT2D eigenvalue weighted by molar-refractivity contribution is -0.156. The van der Waals surface area contributed by atoms with E-state index in [1.54, 1.807) is 0 Å². The molecule has 0 aliphatic heterocycles. The van der Waals surface area contributed by atoms with E-state index >= 15 is 0 Å². The molecular formula is C22H34N2O2. The average molecular weight is 359 g/mol. The number of nitrogens with one attached hydrogen (secondary N) is 2. The minimum Gasteiger partial charge on any atom is -0.458 e. The quantitative estimate of drug-likeness (QED) is 0.402. The second-order valence-corrected chi connectivity index (χ2v) is 8.03. The Bertz CT molecular complexity index is 685. The van der Waals surface area contributed by atoms with Crippen molar-refractivity contribution in [1.82, 2.24) is 4.98 Å². The number of ether oxygens (including phenoxy) is 1. The van der Waals surface area contributed by atoms with Crippen molar-refractivity contribution in [1.29, 1.82) is 0 Å². The molecule has 0 aliphatic carbocycles. The van der Waals surface area contributed by atoms with Gasteiger partial charge in [0.2, 0.25) is 0 Å². The first-order chi connectivity index (χ1) is 12.4. The van der Waals surface area contributed by atoms with Crippen LogP contribution in [0.3, 0.4) is 0 Å². The molecule has 0 radical (unpaired) electrons. The van der Waals surface area contributed by atoms with Crippen molar-refractivity contribution in [3.05, 3.63) is 30.5 Å². The lowest BCUT2D eigenvalue weighted by Gasteiger charge is -2.25. The third kappa shape index (κ3) is 6.40. The van der Waals surface area contributed by atoms with Crippen LogP contribution in [0.2, 0.25) is 0 Å². The second kappa shape index (κ2) is 9.65. The predicted molar refractivity (Wildman–Crippen MR) is 110 cm³/mol. The van der Waals surface area contributed by atoms with E-state index in [2.05, 4.69) is 23.3 Å². The van der Waals surface area contributed by atoms with Gasteiger partial charge in [-0.1, -0.05) is 63.6 Å². The van der Waals surface area contributed by atoms with E-state index < -0.39 is 5.60 Å². The largest absolute Gasteiger partial charge is 0.458 e. The molecule has 4 heteroatoms. The van der Waals surface area contributed by atoms with Gasteiger partial charge in [0.25, 0.3) is 0 Å². The fraction of sp³-hybridized carbons (Fsp3) is 0.591. The first-order valence-electron chi connectivity index (χ1n) is 9.96. The molecular weight excluding hydrogens is 324 g/mol. The number of carbonyl (C=O) groups excluding carboxylic acids is 1. The van der Waals surface area contributed by atoms with Crippen LogP contribution in [-0.2, 0) is 9.53 Å². The Morgan fingerprint density at radius 3 is 2.54 bits per heavy atom. The molecule has 0 bridgehead atoms. The van der Waals surface area contributed by atoms with Crippen LogP contribution in [0.5, 0.6) is 0 Å². The van der Waals surface area contributed by atoms with Crippen LogP contribution in [-0.4, -0.2) is 22.6 Å². The molecule has 1 atom stereocenters. The van der Waals surface area contributed by atoms with Crippen LogP contribution in [0.4, 0.5) is 5.69 Å². The Morgan fingerprint density at radius 2 is 1.81 bits per heavy atom. The first-order valence-corrected chi connectivity index (χ1v) is 9.96. The van der Waals surface area contributed by atoms with Gasteiger partial charge in [-0.2, -0.15) is 0 Å². The van der Waals surface area contributed by atoms with Crippen LogP contribution in [0.15, 0.2) is 30.5 Å². The number of para-hydroxylation sites is 1. The van der Waals surface area contributed by atoms with Gasteiger partial charge >= 0.3 is 5.97 Å². The van der Waals surface area contributed by atoms with Crippen molar-refractivity contribution in [2.75, 3.05) is 5.32 Å². The van der Waals surface area contributed by atoms with Crippen molar-refractivity contribution in [2.45, 2.75) is 84.3 Å². The number of carbonyl (C=O) groups is 1. The number of hydrogen-bond donors (Lipinski definition) is 2. The topological polar surface area (TPSA) is 54.1 Å². The van der Waals surface area contributed by atoms with Crippen LogP contribution in [0.25, 0.3) is 10.9 Å². The van der Waals surface area contributed by atoms with Gasteiger partial charge in [0.15, 0.2) is 0 Å². The van der Waals surface area contributed by atoms with Gasteiger partial charge in [-0.25, -0.2) is 4.79 Å². The standard InChI is InChI=1S/C22H34N2O2/c1-5-6-7-8-9-10-15-19(21(25)26-22(2,3)4)24-20-16-23-18-14-12-11-13-17(18)20/h11-14,16,19,23-24H,5-10,15H2,1-4H3. The van der Waals surface area contributed by atoms with E-state index in [0.29, 0.717) is 0 Å². The summed E-state index contributed by atoms with van der Waals surface area (Å²) in [7, 11) is 0. The zero-order valence-electron chi connectivity index (χ0n) is 16.7. The van der Waals surface area contributed by atoms with Crippen molar-refractivity contribution >= 4 is 22.6 Å². The molecule has 2 aromatic rings. The van der Waals surface area contributed by atoms with Crippen LogP contribution in [0.1, 0.15) is 72.6 Å². The van der Waals surface area contributed by atoms with Crippen LogP contribution >= 0.6 is 0 Å². The van der Waals surface area contributed by atoms with E-state index in [-0.39, 0.29) is 12.0 Å². The average Bonchev–Trinajstić information content (AvgIpc) is 2.98.